The van der Waals surface area contributed by atoms with Crippen molar-refractivity contribution >= 4 is 23.4 Å². The molecule has 0 unspecified atom stereocenters. The summed E-state index contributed by atoms with van der Waals surface area (Å²) in [6.45, 7) is 1.97. The second-order valence-corrected chi connectivity index (χ2v) is 6.96. The molecule has 1 fully saturated rings. The maximum atomic E-state index is 13.1. The van der Waals surface area contributed by atoms with Gasteiger partial charge in [0, 0.05) is 37.4 Å². The Balaban J connectivity index is 1.38. The van der Waals surface area contributed by atoms with Crippen LogP contribution in [0.5, 0.6) is 0 Å². The van der Waals surface area contributed by atoms with Gasteiger partial charge in [0.05, 0.1) is 6.42 Å². The molecule has 0 spiro atoms. The van der Waals surface area contributed by atoms with Crippen molar-refractivity contribution in [3.05, 3.63) is 65.5 Å². The number of amides is 3. The third-order valence-electron chi connectivity index (χ3n) is 5.25. The maximum Gasteiger partial charge on any atom is 0.261 e. The summed E-state index contributed by atoms with van der Waals surface area (Å²) in [4.78, 5) is 42.4. The van der Waals surface area contributed by atoms with Crippen LogP contribution in [0, 0.1) is 5.82 Å². The number of rotatable bonds is 3. The molecule has 3 amide bonds. The third-order valence-corrected chi connectivity index (χ3v) is 5.25. The number of hydrogen-bond donors (Lipinski definition) is 0. The molecule has 0 radical (unpaired) electrons. The van der Waals surface area contributed by atoms with Crippen molar-refractivity contribution < 1.29 is 18.8 Å². The van der Waals surface area contributed by atoms with E-state index in [9.17, 15) is 18.8 Å². The molecule has 2 aliphatic rings. The molecule has 4 rings (SSSR count). The van der Waals surface area contributed by atoms with Crippen LogP contribution in [0.2, 0.25) is 0 Å². The lowest BCUT2D eigenvalue weighted by Gasteiger charge is -2.37. The number of imide groups is 1. The molecule has 0 N–H and O–H groups in total. The van der Waals surface area contributed by atoms with Gasteiger partial charge >= 0.3 is 0 Å². The van der Waals surface area contributed by atoms with Crippen LogP contribution in [-0.2, 0) is 16.0 Å². The zero-order chi connectivity index (χ0) is 19.7. The summed E-state index contributed by atoms with van der Waals surface area (Å²) < 4.78 is 13.1. The number of hydrogen-bond acceptors (Lipinski definition) is 4. The quantitative estimate of drug-likeness (QED) is 0.760. The molecule has 0 atom stereocenters. The fourth-order valence-corrected chi connectivity index (χ4v) is 3.66. The van der Waals surface area contributed by atoms with E-state index in [1.165, 1.54) is 12.1 Å². The Morgan fingerprint density at radius 3 is 2.32 bits per heavy atom. The first-order valence-electron chi connectivity index (χ1n) is 9.24. The average molecular weight is 381 g/mol. The topological polar surface area (TPSA) is 60.9 Å². The van der Waals surface area contributed by atoms with Gasteiger partial charge in [0.1, 0.15) is 12.4 Å². The molecule has 2 heterocycles. The lowest BCUT2D eigenvalue weighted by atomic mass is 9.98. The number of anilines is 1. The van der Waals surface area contributed by atoms with Crippen LogP contribution in [0.15, 0.2) is 48.5 Å². The molecule has 2 aromatic rings. The Morgan fingerprint density at radius 1 is 0.929 bits per heavy atom. The van der Waals surface area contributed by atoms with Crippen LogP contribution < -0.4 is 4.90 Å². The Labute approximate surface area is 162 Å². The molecular formula is C21H20FN3O3. The lowest BCUT2D eigenvalue weighted by Crippen LogP contribution is -2.53. The number of halogens is 1. The molecule has 28 heavy (non-hydrogen) atoms. The first-order valence-corrected chi connectivity index (χ1v) is 9.24. The summed E-state index contributed by atoms with van der Waals surface area (Å²) in [6, 6.07) is 13.3. The van der Waals surface area contributed by atoms with Crippen molar-refractivity contribution in [2.75, 3.05) is 37.6 Å². The average Bonchev–Trinajstić information content (AvgIpc) is 2.72. The monoisotopic (exact) mass is 381 g/mol. The minimum Gasteiger partial charge on any atom is -0.368 e. The molecule has 0 aromatic heterocycles. The third kappa shape index (κ3) is 3.47. The summed E-state index contributed by atoms with van der Waals surface area (Å²) in [5.41, 5.74) is 2.09. The first-order chi connectivity index (χ1) is 13.5. The van der Waals surface area contributed by atoms with Crippen LogP contribution >= 0.6 is 0 Å². The zero-order valence-electron chi connectivity index (χ0n) is 15.3. The van der Waals surface area contributed by atoms with Gasteiger partial charge in [-0.3, -0.25) is 19.3 Å². The van der Waals surface area contributed by atoms with Crippen molar-refractivity contribution in [2.24, 2.45) is 0 Å². The number of fused-ring (bicyclic) bond motifs is 1. The highest BCUT2D eigenvalue weighted by Gasteiger charge is 2.33. The van der Waals surface area contributed by atoms with Gasteiger partial charge in [-0.25, -0.2) is 4.39 Å². The van der Waals surface area contributed by atoms with Crippen molar-refractivity contribution in [3.63, 3.8) is 0 Å². The Bertz CT molecular complexity index is 921. The minimum absolute atomic E-state index is 0.132. The van der Waals surface area contributed by atoms with Gasteiger partial charge in [-0.2, -0.15) is 0 Å². The molecular weight excluding hydrogens is 361 g/mol. The smallest absolute Gasteiger partial charge is 0.261 e. The fraction of sp³-hybridized carbons (Fsp3) is 0.286. The highest BCUT2D eigenvalue weighted by molar-refractivity contribution is 6.11. The van der Waals surface area contributed by atoms with Gasteiger partial charge in [-0.05, 0) is 35.9 Å². The van der Waals surface area contributed by atoms with E-state index in [-0.39, 0.29) is 30.6 Å². The Morgan fingerprint density at radius 2 is 1.61 bits per heavy atom. The number of carbonyl (C=O) groups excluding carboxylic acids is 3. The van der Waals surface area contributed by atoms with E-state index >= 15 is 0 Å². The molecule has 0 saturated carbocycles. The summed E-state index contributed by atoms with van der Waals surface area (Å²) in [5.74, 6) is -1.28. The SMILES string of the molecule is O=C(CN1C(=O)Cc2ccccc2C1=O)N1CCN(c2ccc(F)cc2)CC1. The maximum absolute atomic E-state index is 13.1. The lowest BCUT2D eigenvalue weighted by molar-refractivity contribution is -0.138. The predicted octanol–water partition coefficient (Wildman–Crippen LogP) is 1.70. The van der Waals surface area contributed by atoms with E-state index < -0.39 is 5.91 Å². The number of piperazine rings is 1. The normalized spacial score (nSPS) is 17.0. The molecule has 2 aromatic carbocycles. The fourth-order valence-electron chi connectivity index (χ4n) is 3.66. The summed E-state index contributed by atoms with van der Waals surface area (Å²) in [5, 5.41) is 0. The molecule has 7 heteroatoms. The van der Waals surface area contributed by atoms with E-state index in [0.717, 1.165) is 10.6 Å². The van der Waals surface area contributed by atoms with E-state index in [1.807, 2.05) is 0 Å². The van der Waals surface area contributed by atoms with Gasteiger partial charge in [0.25, 0.3) is 5.91 Å². The molecule has 1 saturated heterocycles. The first kappa shape index (κ1) is 18.2. The summed E-state index contributed by atoms with van der Waals surface area (Å²) in [6.07, 6.45) is 0.132. The van der Waals surface area contributed by atoms with Crippen LogP contribution in [0.25, 0.3) is 0 Å². The Hall–Kier alpha value is -3.22. The largest absolute Gasteiger partial charge is 0.368 e. The van der Waals surface area contributed by atoms with Gasteiger partial charge in [-0.15, -0.1) is 0 Å². The Kier molecular flexibility index (Phi) is 4.81. The number of benzene rings is 2. The van der Waals surface area contributed by atoms with E-state index in [0.29, 0.717) is 37.3 Å². The summed E-state index contributed by atoms with van der Waals surface area (Å²) in [7, 11) is 0. The van der Waals surface area contributed by atoms with E-state index in [4.69, 9.17) is 0 Å². The highest BCUT2D eigenvalue weighted by Crippen LogP contribution is 2.20. The summed E-state index contributed by atoms with van der Waals surface area (Å²) >= 11 is 0. The van der Waals surface area contributed by atoms with Gasteiger partial charge in [0.15, 0.2) is 0 Å². The number of nitrogens with zero attached hydrogens (tertiary/aromatic N) is 3. The van der Waals surface area contributed by atoms with Crippen LogP contribution in [-0.4, -0.2) is 60.2 Å². The number of carbonyl (C=O) groups is 3. The molecule has 0 bridgehead atoms. The highest BCUT2D eigenvalue weighted by atomic mass is 19.1. The predicted molar refractivity (Wildman–Crippen MR) is 101 cm³/mol. The van der Waals surface area contributed by atoms with Crippen LogP contribution in [0.3, 0.4) is 0 Å². The molecule has 0 aliphatic carbocycles. The second kappa shape index (κ2) is 7.42. The molecule has 144 valence electrons. The van der Waals surface area contributed by atoms with Gasteiger partial charge in [-0.1, -0.05) is 18.2 Å². The standard InChI is InChI=1S/C21H20FN3O3/c22-16-5-7-17(8-6-16)23-9-11-24(12-10-23)20(27)14-25-19(26)13-15-3-1-2-4-18(15)21(25)28/h1-8H,9-14H2. The van der Waals surface area contributed by atoms with Crippen molar-refractivity contribution in [3.8, 4) is 0 Å². The van der Waals surface area contributed by atoms with E-state index in [1.54, 1.807) is 41.3 Å². The second-order valence-electron chi connectivity index (χ2n) is 6.96. The van der Waals surface area contributed by atoms with Crippen LogP contribution in [0.1, 0.15) is 15.9 Å². The molecule has 2 aliphatic heterocycles. The van der Waals surface area contributed by atoms with Gasteiger partial charge < -0.3 is 9.80 Å². The minimum atomic E-state index is -0.412. The van der Waals surface area contributed by atoms with E-state index in [2.05, 4.69) is 4.90 Å². The van der Waals surface area contributed by atoms with Gasteiger partial charge in [0.2, 0.25) is 11.8 Å². The van der Waals surface area contributed by atoms with Crippen molar-refractivity contribution in [1.29, 1.82) is 0 Å². The molecule has 6 nitrogen and oxygen atoms in total. The van der Waals surface area contributed by atoms with Crippen LogP contribution in [0.4, 0.5) is 10.1 Å². The van der Waals surface area contributed by atoms with Crippen molar-refractivity contribution in [2.45, 2.75) is 6.42 Å². The van der Waals surface area contributed by atoms with Crippen molar-refractivity contribution in [1.82, 2.24) is 9.80 Å². The zero-order valence-corrected chi connectivity index (χ0v) is 15.3.